The Bertz CT molecular complexity index is 825. The molecule has 0 radical (unpaired) electrons. The number of rotatable bonds is 6. The van der Waals surface area contributed by atoms with Gasteiger partial charge in [-0.05, 0) is 31.2 Å². The number of esters is 2. The monoisotopic (exact) mass is 390 g/mol. The van der Waals surface area contributed by atoms with Crippen molar-refractivity contribution in [3.05, 3.63) is 71.8 Å². The van der Waals surface area contributed by atoms with Crippen LogP contribution in [0.2, 0.25) is 0 Å². The molecule has 1 aliphatic heterocycles. The zero-order chi connectivity index (χ0) is 20.2. The van der Waals surface area contributed by atoms with Gasteiger partial charge in [-0.15, -0.1) is 0 Å². The summed E-state index contributed by atoms with van der Waals surface area (Å²) in [6.07, 6.45) is -1.11. The van der Waals surface area contributed by atoms with Crippen LogP contribution < -0.4 is 0 Å². The molecule has 1 heterocycles. The average Bonchev–Trinajstić information content (AvgIpc) is 2.94. The molecule has 0 aliphatic carbocycles. The lowest BCUT2D eigenvalue weighted by atomic mass is 9.81. The highest BCUT2D eigenvalue weighted by Gasteiger charge is 2.62. The van der Waals surface area contributed by atoms with Crippen molar-refractivity contribution in [1.29, 1.82) is 0 Å². The predicted octanol–water partition coefficient (Wildman–Crippen LogP) is 3.74. The molecule has 0 aromatic heterocycles. The summed E-state index contributed by atoms with van der Waals surface area (Å²) >= 11 is 0. The Labute approximate surface area is 161 Å². The van der Waals surface area contributed by atoms with Crippen molar-refractivity contribution in [1.82, 2.24) is 0 Å². The van der Waals surface area contributed by atoms with Crippen LogP contribution in [-0.4, -0.2) is 43.8 Å². The van der Waals surface area contributed by atoms with Gasteiger partial charge in [0.2, 0.25) is 0 Å². The van der Waals surface area contributed by atoms with Gasteiger partial charge in [-0.25, -0.2) is 18.4 Å². The first kappa shape index (κ1) is 19.9. The normalized spacial score (nSPS) is 23.2. The highest BCUT2D eigenvalue weighted by atomic mass is 19.3. The fourth-order valence-electron chi connectivity index (χ4n) is 2.90. The number of carbonyl (C=O) groups excluding carboxylic acids is 2. The second-order valence-corrected chi connectivity index (χ2v) is 6.83. The molecule has 28 heavy (non-hydrogen) atoms. The van der Waals surface area contributed by atoms with Crippen LogP contribution in [0.4, 0.5) is 8.78 Å². The minimum atomic E-state index is -3.24. The summed E-state index contributed by atoms with van der Waals surface area (Å²) in [6.45, 7) is -0.511. The topological polar surface area (TPSA) is 61.8 Å². The molecular formula is C21H20F2O5. The highest BCUT2D eigenvalue weighted by molar-refractivity contribution is 5.89. The average molecular weight is 390 g/mol. The standard InChI is InChI=1S/C21H20F2O5/c1-20(13-28-19(25)16-10-6-3-7-11-16)17(27-14-21(20,22)23)12-26-18(24)15-8-4-2-5-9-15/h2-11,17H,12-14H2,1H3/t17-,20-/m1/s1. The molecule has 0 unspecified atom stereocenters. The van der Waals surface area contributed by atoms with Gasteiger partial charge < -0.3 is 14.2 Å². The molecule has 3 rings (SSSR count). The number of alkyl halides is 2. The molecule has 7 heteroatoms. The fraction of sp³-hybridized carbons (Fsp3) is 0.333. The smallest absolute Gasteiger partial charge is 0.338 e. The Hall–Kier alpha value is -2.80. The summed E-state index contributed by atoms with van der Waals surface area (Å²) < 4.78 is 44.5. The van der Waals surface area contributed by atoms with Crippen LogP contribution in [0.5, 0.6) is 0 Å². The minimum Gasteiger partial charge on any atom is -0.461 e. The summed E-state index contributed by atoms with van der Waals surface area (Å²) in [5.41, 5.74) is -1.25. The van der Waals surface area contributed by atoms with Crippen LogP contribution in [-0.2, 0) is 14.2 Å². The zero-order valence-corrected chi connectivity index (χ0v) is 15.3. The fourth-order valence-corrected chi connectivity index (χ4v) is 2.90. The third-order valence-electron chi connectivity index (χ3n) is 4.90. The molecule has 5 nitrogen and oxygen atoms in total. The number of hydrogen-bond acceptors (Lipinski definition) is 5. The van der Waals surface area contributed by atoms with Crippen LogP contribution in [0, 0.1) is 5.41 Å². The van der Waals surface area contributed by atoms with E-state index < -0.39 is 42.6 Å². The van der Waals surface area contributed by atoms with E-state index >= 15 is 0 Å². The van der Waals surface area contributed by atoms with Gasteiger partial charge >= 0.3 is 11.9 Å². The third kappa shape index (κ3) is 4.04. The molecule has 2 aromatic carbocycles. The van der Waals surface area contributed by atoms with Crippen molar-refractivity contribution in [2.45, 2.75) is 19.0 Å². The molecular weight excluding hydrogens is 370 g/mol. The molecule has 1 aliphatic rings. The molecule has 2 atom stereocenters. The number of hydrogen-bond donors (Lipinski definition) is 0. The first-order chi connectivity index (χ1) is 13.3. The largest absolute Gasteiger partial charge is 0.461 e. The first-order valence-electron chi connectivity index (χ1n) is 8.77. The van der Waals surface area contributed by atoms with E-state index in [-0.39, 0.29) is 12.2 Å². The van der Waals surface area contributed by atoms with Gasteiger partial charge in [-0.2, -0.15) is 0 Å². The Kier molecular flexibility index (Phi) is 5.74. The van der Waals surface area contributed by atoms with E-state index in [1.54, 1.807) is 48.5 Å². The summed E-state index contributed by atoms with van der Waals surface area (Å²) in [6, 6.07) is 16.3. The van der Waals surface area contributed by atoms with E-state index in [4.69, 9.17) is 14.2 Å². The van der Waals surface area contributed by atoms with Crippen molar-refractivity contribution in [2.24, 2.45) is 5.41 Å². The van der Waals surface area contributed by atoms with E-state index in [1.165, 1.54) is 19.1 Å². The van der Waals surface area contributed by atoms with E-state index in [0.717, 1.165) is 0 Å². The summed E-state index contributed by atoms with van der Waals surface area (Å²) in [4.78, 5) is 24.2. The summed E-state index contributed by atoms with van der Waals surface area (Å²) in [5, 5.41) is 0. The van der Waals surface area contributed by atoms with Gasteiger partial charge in [0.15, 0.2) is 0 Å². The summed E-state index contributed by atoms with van der Waals surface area (Å²) in [5.74, 6) is -4.58. The lowest BCUT2D eigenvalue weighted by Gasteiger charge is -2.33. The number of carbonyl (C=O) groups is 2. The lowest BCUT2D eigenvalue weighted by molar-refractivity contribution is -0.115. The maximum atomic E-state index is 14.5. The van der Waals surface area contributed by atoms with Crippen molar-refractivity contribution in [3.63, 3.8) is 0 Å². The van der Waals surface area contributed by atoms with E-state index in [0.29, 0.717) is 5.56 Å². The van der Waals surface area contributed by atoms with Gasteiger partial charge in [-0.3, -0.25) is 0 Å². The Balaban J connectivity index is 1.65. The molecule has 1 fully saturated rings. The van der Waals surface area contributed by atoms with Crippen LogP contribution >= 0.6 is 0 Å². The Morgan fingerprint density at radius 3 is 2.00 bits per heavy atom. The van der Waals surface area contributed by atoms with Gasteiger partial charge in [0.1, 0.15) is 25.9 Å². The van der Waals surface area contributed by atoms with Gasteiger partial charge in [0, 0.05) is 0 Å². The summed E-state index contributed by atoms with van der Waals surface area (Å²) in [7, 11) is 0. The molecule has 1 saturated heterocycles. The third-order valence-corrected chi connectivity index (χ3v) is 4.90. The van der Waals surface area contributed by atoms with Gasteiger partial charge in [-0.1, -0.05) is 36.4 Å². The second kappa shape index (κ2) is 8.06. The van der Waals surface area contributed by atoms with E-state index in [2.05, 4.69) is 0 Å². The van der Waals surface area contributed by atoms with Crippen LogP contribution in [0.3, 0.4) is 0 Å². The maximum Gasteiger partial charge on any atom is 0.338 e. The Morgan fingerprint density at radius 2 is 1.46 bits per heavy atom. The molecule has 148 valence electrons. The molecule has 0 bridgehead atoms. The zero-order valence-electron chi connectivity index (χ0n) is 15.3. The van der Waals surface area contributed by atoms with E-state index in [1.807, 2.05) is 0 Å². The molecule has 0 saturated carbocycles. The number of halogens is 2. The SMILES string of the molecule is C[C@@]1(COC(=O)c2ccccc2)[C@@H](COC(=O)c2ccccc2)OCC1(F)F. The van der Waals surface area contributed by atoms with E-state index in [9.17, 15) is 18.4 Å². The first-order valence-corrected chi connectivity index (χ1v) is 8.77. The van der Waals surface area contributed by atoms with Crippen molar-refractivity contribution >= 4 is 11.9 Å². The molecule has 0 spiro atoms. The van der Waals surface area contributed by atoms with Crippen molar-refractivity contribution in [2.75, 3.05) is 19.8 Å². The van der Waals surface area contributed by atoms with Crippen LogP contribution in [0.1, 0.15) is 27.6 Å². The van der Waals surface area contributed by atoms with Gasteiger partial charge in [0.05, 0.1) is 16.5 Å². The lowest BCUT2D eigenvalue weighted by Crippen LogP contribution is -2.47. The van der Waals surface area contributed by atoms with Gasteiger partial charge in [0.25, 0.3) is 5.92 Å². The number of benzene rings is 2. The highest BCUT2D eigenvalue weighted by Crippen LogP contribution is 2.47. The molecule has 0 N–H and O–H groups in total. The van der Waals surface area contributed by atoms with Crippen LogP contribution in [0.25, 0.3) is 0 Å². The van der Waals surface area contributed by atoms with Crippen molar-refractivity contribution in [3.8, 4) is 0 Å². The predicted molar refractivity (Wildman–Crippen MR) is 96.2 cm³/mol. The quantitative estimate of drug-likeness (QED) is 0.703. The number of ether oxygens (including phenoxy) is 3. The van der Waals surface area contributed by atoms with Crippen LogP contribution in [0.15, 0.2) is 60.7 Å². The minimum absolute atomic E-state index is 0.264. The van der Waals surface area contributed by atoms with Crippen molar-refractivity contribution < 1.29 is 32.6 Å². The molecule has 0 amide bonds. The maximum absolute atomic E-state index is 14.5. The Morgan fingerprint density at radius 1 is 0.964 bits per heavy atom. The second-order valence-electron chi connectivity index (χ2n) is 6.83. The molecule has 2 aromatic rings.